The first-order valence-electron chi connectivity index (χ1n) is 8.09. The molecule has 2 aromatic carbocycles. The lowest BCUT2D eigenvalue weighted by Crippen LogP contribution is -2.12. The minimum Gasteiger partial charge on any atom is -0.493 e. The first-order valence-corrected chi connectivity index (χ1v) is 8.09. The summed E-state index contributed by atoms with van der Waals surface area (Å²) in [4.78, 5) is 20.3. The summed E-state index contributed by atoms with van der Waals surface area (Å²) < 4.78 is 10.6. The van der Waals surface area contributed by atoms with E-state index in [4.69, 9.17) is 9.47 Å². The summed E-state index contributed by atoms with van der Waals surface area (Å²) in [6.07, 6.45) is 3.39. The molecule has 26 heavy (non-hydrogen) atoms. The highest BCUT2D eigenvalue weighted by Gasteiger charge is 2.16. The minimum absolute atomic E-state index is 0.221. The van der Waals surface area contributed by atoms with E-state index in [0.29, 0.717) is 22.7 Å². The van der Waals surface area contributed by atoms with Crippen LogP contribution in [-0.2, 0) is 0 Å². The number of hydrogen-bond acceptors (Lipinski definition) is 4. The quantitative estimate of drug-likeness (QED) is 0.585. The number of hydrogen-bond donors (Lipinski definition) is 2. The van der Waals surface area contributed by atoms with Crippen molar-refractivity contribution < 1.29 is 14.3 Å². The number of methoxy groups -OCH3 is 2. The maximum atomic E-state index is 12.9. The van der Waals surface area contributed by atoms with Crippen LogP contribution in [0.5, 0.6) is 11.5 Å². The van der Waals surface area contributed by atoms with Crippen LogP contribution in [-0.4, -0.2) is 30.1 Å². The lowest BCUT2D eigenvalue weighted by Gasteiger charge is -2.09. The minimum atomic E-state index is -0.221. The van der Waals surface area contributed by atoms with E-state index in [1.54, 1.807) is 32.7 Å². The summed E-state index contributed by atoms with van der Waals surface area (Å²) >= 11 is 0. The number of pyridine rings is 1. The number of ether oxygens (including phenoxy) is 2. The number of benzene rings is 2. The van der Waals surface area contributed by atoms with Gasteiger partial charge in [0.1, 0.15) is 0 Å². The van der Waals surface area contributed by atoms with Crippen molar-refractivity contribution in [2.45, 2.75) is 0 Å². The van der Waals surface area contributed by atoms with Crippen molar-refractivity contribution in [1.29, 1.82) is 0 Å². The van der Waals surface area contributed by atoms with E-state index in [9.17, 15) is 4.79 Å². The third-order valence-electron chi connectivity index (χ3n) is 4.31. The molecule has 130 valence electrons. The van der Waals surface area contributed by atoms with Crippen LogP contribution in [0.3, 0.4) is 0 Å². The van der Waals surface area contributed by atoms with Gasteiger partial charge in [-0.05, 0) is 18.2 Å². The molecule has 0 aliphatic heterocycles. The number of fused-ring (bicyclic) bond motifs is 2. The molecule has 6 nitrogen and oxygen atoms in total. The van der Waals surface area contributed by atoms with Gasteiger partial charge in [-0.1, -0.05) is 18.2 Å². The Morgan fingerprint density at radius 1 is 1.08 bits per heavy atom. The Labute approximate surface area is 149 Å². The van der Waals surface area contributed by atoms with E-state index in [2.05, 4.69) is 15.3 Å². The normalized spacial score (nSPS) is 10.8. The maximum Gasteiger partial charge on any atom is 0.257 e. The van der Waals surface area contributed by atoms with Crippen LogP contribution >= 0.6 is 0 Å². The molecule has 2 N–H and O–H groups in total. The Kier molecular flexibility index (Phi) is 3.93. The van der Waals surface area contributed by atoms with Gasteiger partial charge in [0.05, 0.1) is 36.5 Å². The molecule has 0 atom stereocenters. The molecule has 4 aromatic rings. The Bertz CT molecular complexity index is 1110. The third-order valence-corrected chi connectivity index (χ3v) is 4.31. The summed E-state index contributed by atoms with van der Waals surface area (Å²) in [6.45, 7) is 0. The van der Waals surface area contributed by atoms with Crippen LogP contribution < -0.4 is 14.8 Å². The van der Waals surface area contributed by atoms with Gasteiger partial charge < -0.3 is 19.8 Å². The fraction of sp³-hybridized carbons (Fsp3) is 0.100. The number of nitrogens with zero attached hydrogens (tertiary/aromatic N) is 1. The topological polar surface area (TPSA) is 76.2 Å². The number of para-hydroxylation sites is 1. The van der Waals surface area contributed by atoms with Crippen LogP contribution in [0.4, 0.5) is 5.69 Å². The highest BCUT2D eigenvalue weighted by Crippen LogP contribution is 2.33. The lowest BCUT2D eigenvalue weighted by atomic mass is 10.1. The first kappa shape index (κ1) is 16.0. The van der Waals surface area contributed by atoms with Crippen molar-refractivity contribution in [2.75, 3.05) is 19.5 Å². The van der Waals surface area contributed by atoms with Crippen molar-refractivity contribution in [3.8, 4) is 11.5 Å². The molecule has 0 fully saturated rings. The number of rotatable bonds is 4. The summed E-state index contributed by atoms with van der Waals surface area (Å²) in [7, 11) is 3.14. The molecular weight excluding hydrogens is 330 g/mol. The number of nitrogens with one attached hydrogen (secondary N) is 2. The van der Waals surface area contributed by atoms with Gasteiger partial charge in [0.25, 0.3) is 5.91 Å². The Morgan fingerprint density at radius 2 is 1.85 bits per heavy atom. The van der Waals surface area contributed by atoms with Crippen LogP contribution in [0.1, 0.15) is 10.4 Å². The number of aromatic amines is 1. The second kappa shape index (κ2) is 6.40. The summed E-state index contributed by atoms with van der Waals surface area (Å²) in [5, 5.41) is 4.68. The van der Waals surface area contributed by atoms with Crippen molar-refractivity contribution in [3.05, 3.63) is 60.4 Å². The largest absolute Gasteiger partial charge is 0.493 e. The van der Waals surface area contributed by atoms with E-state index < -0.39 is 0 Å². The van der Waals surface area contributed by atoms with E-state index in [-0.39, 0.29) is 5.91 Å². The number of carbonyl (C=O) groups is 1. The molecule has 0 spiro atoms. The monoisotopic (exact) mass is 347 g/mol. The smallest absolute Gasteiger partial charge is 0.257 e. The van der Waals surface area contributed by atoms with Gasteiger partial charge in [-0.25, -0.2) is 0 Å². The predicted octanol–water partition coefficient (Wildman–Crippen LogP) is 3.99. The summed E-state index contributed by atoms with van der Waals surface area (Å²) in [5.41, 5.74) is 2.74. The average molecular weight is 347 g/mol. The van der Waals surface area contributed by atoms with E-state index in [1.165, 1.54) is 0 Å². The second-order valence-corrected chi connectivity index (χ2v) is 5.79. The number of amides is 1. The van der Waals surface area contributed by atoms with Crippen LogP contribution in [0, 0.1) is 0 Å². The number of anilines is 1. The first-order chi connectivity index (χ1) is 12.7. The van der Waals surface area contributed by atoms with E-state index in [1.807, 2.05) is 36.4 Å². The molecule has 0 aliphatic rings. The van der Waals surface area contributed by atoms with Gasteiger partial charge in [-0.15, -0.1) is 0 Å². The van der Waals surface area contributed by atoms with E-state index >= 15 is 0 Å². The van der Waals surface area contributed by atoms with E-state index in [0.717, 1.165) is 21.8 Å². The van der Waals surface area contributed by atoms with Gasteiger partial charge in [0.15, 0.2) is 11.5 Å². The maximum absolute atomic E-state index is 12.9. The SMILES string of the molecule is COc1cc2[nH]cc(C(=O)Nc3cccc4cccnc34)c2cc1OC. The number of H-pyrrole nitrogens is 1. The summed E-state index contributed by atoms with van der Waals surface area (Å²) in [5.74, 6) is 0.953. The van der Waals surface area contributed by atoms with Gasteiger partial charge in [-0.3, -0.25) is 9.78 Å². The standard InChI is InChI=1S/C20H17N3O3/c1-25-17-9-13-14(11-22-16(13)10-18(17)26-2)20(24)23-15-7-3-5-12-6-4-8-21-19(12)15/h3-11,22H,1-2H3,(H,23,24). The molecule has 4 rings (SSSR count). The van der Waals surface area contributed by atoms with Gasteiger partial charge in [0, 0.05) is 29.2 Å². The molecule has 0 saturated carbocycles. The number of aromatic nitrogens is 2. The Hall–Kier alpha value is -3.54. The molecule has 0 radical (unpaired) electrons. The van der Waals surface area contributed by atoms with Crippen molar-refractivity contribution in [3.63, 3.8) is 0 Å². The van der Waals surface area contributed by atoms with Crippen LogP contribution in [0.2, 0.25) is 0 Å². The Morgan fingerprint density at radius 3 is 2.65 bits per heavy atom. The van der Waals surface area contributed by atoms with Gasteiger partial charge in [-0.2, -0.15) is 0 Å². The predicted molar refractivity (Wildman–Crippen MR) is 101 cm³/mol. The fourth-order valence-corrected chi connectivity index (χ4v) is 3.03. The molecular formula is C20H17N3O3. The molecule has 0 saturated heterocycles. The van der Waals surface area contributed by atoms with Crippen molar-refractivity contribution in [2.24, 2.45) is 0 Å². The molecule has 0 bridgehead atoms. The molecule has 2 aromatic heterocycles. The average Bonchev–Trinajstić information content (AvgIpc) is 3.10. The molecule has 2 heterocycles. The van der Waals surface area contributed by atoms with Crippen molar-refractivity contribution >= 4 is 33.4 Å². The van der Waals surface area contributed by atoms with Crippen LogP contribution in [0.15, 0.2) is 54.9 Å². The number of carbonyl (C=O) groups excluding carboxylic acids is 1. The zero-order chi connectivity index (χ0) is 18.1. The lowest BCUT2D eigenvalue weighted by molar-refractivity contribution is 0.102. The second-order valence-electron chi connectivity index (χ2n) is 5.79. The van der Waals surface area contributed by atoms with Gasteiger partial charge >= 0.3 is 0 Å². The summed E-state index contributed by atoms with van der Waals surface area (Å²) in [6, 6.07) is 13.1. The highest BCUT2D eigenvalue weighted by molar-refractivity contribution is 6.15. The Balaban J connectivity index is 1.74. The molecule has 0 aliphatic carbocycles. The molecule has 1 amide bonds. The zero-order valence-corrected chi connectivity index (χ0v) is 14.4. The highest BCUT2D eigenvalue weighted by atomic mass is 16.5. The third kappa shape index (κ3) is 2.61. The molecule has 0 unspecified atom stereocenters. The molecule has 6 heteroatoms. The van der Waals surface area contributed by atoms with Crippen molar-refractivity contribution in [1.82, 2.24) is 9.97 Å². The van der Waals surface area contributed by atoms with Gasteiger partial charge in [0.2, 0.25) is 0 Å². The fourth-order valence-electron chi connectivity index (χ4n) is 3.03. The zero-order valence-electron chi connectivity index (χ0n) is 14.4. The van der Waals surface area contributed by atoms with Crippen LogP contribution in [0.25, 0.3) is 21.8 Å².